The van der Waals surface area contributed by atoms with Crippen molar-refractivity contribution >= 4 is 142 Å². The molecule has 0 saturated carbocycles. The number of nitrogens with one attached hydrogen (secondary N) is 4. The summed E-state index contributed by atoms with van der Waals surface area (Å²) in [5.41, 5.74) is 42.6. The number of pyridine rings is 5. The number of fused-ring (bicyclic) bond motifs is 5. The molecule has 37 nitrogen and oxygen atoms in total. The summed E-state index contributed by atoms with van der Waals surface area (Å²) in [5, 5.41) is 50.6. The Morgan fingerprint density at radius 1 is 0.373 bits per heavy atom. The zero-order valence-electron chi connectivity index (χ0n) is 80.6. The van der Waals surface area contributed by atoms with Gasteiger partial charge in [0.2, 0.25) is 11.6 Å². The quantitative estimate of drug-likeness (QED) is 0.0161. The van der Waals surface area contributed by atoms with Crippen LogP contribution >= 0.6 is 11.6 Å². The molecule has 5 saturated heterocycles. The molecule has 0 unspecified atom stereocenters. The van der Waals surface area contributed by atoms with E-state index >= 15 is 0 Å². The zero-order chi connectivity index (χ0) is 98.8. The number of carbonyl (C=O) groups is 4. The number of nitrogens with two attached hydrogens (primary N) is 5. The highest BCUT2D eigenvalue weighted by Crippen LogP contribution is 2.38. The number of aliphatic hydroxyl groups excluding tert-OH is 1. The van der Waals surface area contributed by atoms with Crippen molar-refractivity contribution in [3.63, 3.8) is 0 Å². The first-order valence-corrected chi connectivity index (χ1v) is 49.5. The van der Waals surface area contributed by atoms with Gasteiger partial charge in [0.1, 0.15) is 53.4 Å². The Morgan fingerprint density at radius 2 is 0.746 bits per heavy atom. The third-order valence-electron chi connectivity index (χ3n) is 25.6. The summed E-state index contributed by atoms with van der Waals surface area (Å²) >= 11 is 6.12. The van der Waals surface area contributed by atoms with Crippen molar-refractivity contribution < 1.29 is 38.5 Å². The molecule has 5 fully saturated rings. The van der Waals surface area contributed by atoms with Crippen molar-refractivity contribution in [1.82, 2.24) is 72.6 Å². The highest BCUT2D eigenvalue weighted by Gasteiger charge is 2.28. The van der Waals surface area contributed by atoms with Gasteiger partial charge in [-0.25, -0.2) is 47.5 Å². The maximum Gasteiger partial charge on any atom is 0.260 e. The van der Waals surface area contributed by atoms with Crippen molar-refractivity contribution in [2.45, 2.75) is 110 Å². The molecule has 5 aliphatic heterocycles. The van der Waals surface area contributed by atoms with Gasteiger partial charge in [0.05, 0.1) is 85.5 Å². The maximum atomic E-state index is 12.2. The van der Waals surface area contributed by atoms with Crippen LogP contribution in [0, 0.1) is 5.41 Å². The minimum Gasteiger partial charge on any atom is -0.489 e. The number of piperidine rings is 5. The summed E-state index contributed by atoms with van der Waals surface area (Å²) in [6.45, 7) is 23.0. The minimum atomic E-state index is -0.261. The predicted molar refractivity (Wildman–Crippen MR) is 560 cm³/mol. The molecule has 0 atom stereocenters. The maximum absolute atomic E-state index is 12.2. The summed E-state index contributed by atoms with van der Waals surface area (Å²) < 4.78 is 26.3. The molecule has 142 heavy (non-hydrogen) atoms. The van der Waals surface area contributed by atoms with Gasteiger partial charge in [-0.2, -0.15) is 0 Å². The van der Waals surface area contributed by atoms with E-state index in [-0.39, 0.29) is 52.8 Å². The Bertz CT molecular complexity index is 6770. The van der Waals surface area contributed by atoms with Gasteiger partial charge in [-0.3, -0.25) is 34.4 Å². The molecule has 20 rings (SSSR count). The van der Waals surface area contributed by atoms with Crippen molar-refractivity contribution in [2.24, 2.45) is 53.6 Å². The second-order valence-electron chi connectivity index (χ2n) is 36.0. The largest absolute Gasteiger partial charge is 0.489 e. The molecule has 15 heterocycles. The van der Waals surface area contributed by atoms with Gasteiger partial charge in [0, 0.05) is 119 Å². The van der Waals surface area contributed by atoms with Crippen molar-refractivity contribution in [3.8, 4) is 11.8 Å². The number of hydrogen-bond donors (Lipinski definition) is 10. The number of nitrogens with zero attached hydrogens (tertiary/aromatic N) is 20. The van der Waals surface area contributed by atoms with Crippen LogP contribution in [-0.2, 0) is 23.9 Å². The number of ketones is 4. The van der Waals surface area contributed by atoms with Gasteiger partial charge in [0.15, 0.2) is 40.4 Å². The van der Waals surface area contributed by atoms with Gasteiger partial charge in [-0.05, 0) is 252 Å². The average molecular weight is 1950 g/mol. The number of rotatable bonds is 28. The topological polar surface area (TPSA) is 471 Å². The van der Waals surface area contributed by atoms with Crippen LogP contribution in [0.1, 0.15) is 110 Å². The minimum absolute atomic E-state index is 0.0137. The number of aromatic nitrogens is 10. The molecule has 0 spiro atoms. The normalized spacial score (nSPS) is 19.5. The monoisotopic (exact) mass is 1940 g/mol. The van der Waals surface area contributed by atoms with Crippen LogP contribution in [0.5, 0.6) is 11.8 Å². The fourth-order valence-corrected chi connectivity index (χ4v) is 18.1. The van der Waals surface area contributed by atoms with E-state index in [1.54, 1.807) is 68.4 Å². The van der Waals surface area contributed by atoms with Gasteiger partial charge in [-0.15, -0.1) is 25.5 Å². The van der Waals surface area contributed by atoms with E-state index < -0.39 is 0 Å². The van der Waals surface area contributed by atoms with Crippen LogP contribution in [0.15, 0.2) is 264 Å². The average Bonchev–Trinajstić information content (AvgIpc) is 1.54. The molecule has 0 aromatic carbocycles. The standard InChI is InChI=1S/C22H29N7O2.C21H25ClN6O.C21H26N6O.2C20H23N5O2/c23-16-14-17(24)20(31-13-12-30)15-18(16)26-21-19-6-2-5-10-29(19)27-22(21)25-7-11-28-8-3-1-4-9-28;1-14-13-15(18(23)17(22)20(14)29)25-19-16-7-3-6-11-28(16)26-21(19)24-8-12-27-9-4-2-5-10-27;1-15-13-17(16(22)14-19(15)28)24-20-18-7-3-6-11-27(18)25-21(20)23-8-12-26-9-4-2-5-10-26;21-16-14-15(26)7-8-17(16)22-19-18-6-2-5-11-25(18)23-20(19)27-13-12-24-9-3-1-4-10-24;21-15-7-8-16(18(26)14-15)22-19-17-6-2-5-11-25(17)23-20(19)27-13-12-24-9-3-1-4-10-24/h2,5-6,10,14-15,23,30H,1,3-4,7-9,11-13,24H2,(H,25,27);3,6-7,11,13H,2,4-5,8-10,12,23H2,1H3,(H,24,26);3,6-7,11,13-14H,2,4-5,8-10,12,22H2,1H3,(H,23,25);2*2,5-8,11,14H,1,3-4,9-10,12-13,21H2. The highest BCUT2D eigenvalue weighted by atomic mass is 35.5. The Labute approximate surface area is 829 Å². The number of carbonyl (C=O) groups excluding carboxylic acids is 4. The number of likely N-dealkylation sites (tertiary alicyclic amines) is 5. The van der Waals surface area contributed by atoms with Gasteiger partial charge in [-0.1, -0.05) is 74.0 Å². The molecule has 5 aliphatic carbocycles. The molecule has 0 radical (unpaired) electrons. The number of allylic oxidation sites excluding steroid dienone is 14. The van der Waals surface area contributed by atoms with Crippen molar-refractivity contribution in [3.05, 3.63) is 239 Å². The van der Waals surface area contributed by atoms with E-state index in [9.17, 15) is 19.2 Å². The lowest BCUT2D eigenvalue weighted by molar-refractivity contribution is -0.112. The number of aliphatic hydroxyl groups is 1. The molecule has 10 aromatic heterocycles. The summed E-state index contributed by atoms with van der Waals surface area (Å²) in [6, 6.07) is 29.0. The molecule has 0 amide bonds. The Morgan fingerprint density at radius 3 is 1.17 bits per heavy atom. The summed E-state index contributed by atoms with van der Waals surface area (Å²) in [7, 11) is 0. The third kappa shape index (κ3) is 26.2. The van der Waals surface area contributed by atoms with Crippen LogP contribution in [0.25, 0.3) is 27.6 Å². The van der Waals surface area contributed by atoms with E-state index in [1.165, 1.54) is 140 Å². The molecule has 742 valence electrons. The second-order valence-corrected chi connectivity index (χ2v) is 36.4. The molecule has 10 aliphatic rings. The zero-order valence-corrected chi connectivity index (χ0v) is 81.3. The van der Waals surface area contributed by atoms with Gasteiger partial charge in [0.25, 0.3) is 11.8 Å². The van der Waals surface area contributed by atoms with Crippen LogP contribution in [0.4, 0.5) is 45.9 Å². The van der Waals surface area contributed by atoms with Crippen LogP contribution < -0.4 is 54.1 Å². The lowest BCUT2D eigenvalue weighted by atomic mass is 10.0. The molecule has 10 aromatic rings. The summed E-state index contributed by atoms with van der Waals surface area (Å²) in [4.78, 5) is 83.2. The van der Waals surface area contributed by atoms with Crippen molar-refractivity contribution in [1.29, 1.82) is 5.41 Å². The molecule has 15 N–H and O–H groups in total. The second kappa shape index (κ2) is 49.0. The molecule has 0 bridgehead atoms. The lowest BCUT2D eigenvalue weighted by Crippen LogP contribution is -2.33. The number of ether oxygens (including phenoxy) is 3. The molecular formula is C104H126ClN29O8. The number of halogens is 1. The number of anilines is 3. The Hall–Kier alpha value is -14.6. The summed E-state index contributed by atoms with van der Waals surface area (Å²) in [5.74, 6) is 2.72. The fourth-order valence-electron chi connectivity index (χ4n) is 17.9. The van der Waals surface area contributed by atoms with Gasteiger partial charge >= 0.3 is 0 Å². The van der Waals surface area contributed by atoms with E-state index in [2.05, 4.69) is 75.9 Å². The first-order valence-electron chi connectivity index (χ1n) is 49.1. The first kappa shape index (κ1) is 100. The van der Waals surface area contributed by atoms with Crippen molar-refractivity contribution in [2.75, 3.05) is 160 Å². The van der Waals surface area contributed by atoms with Gasteiger partial charge < -0.3 is 78.6 Å². The molecular weight excluding hydrogens is 1820 g/mol. The summed E-state index contributed by atoms with van der Waals surface area (Å²) in [6.07, 6.45) is 45.7. The van der Waals surface area contributed by atoms with E-state index in [0.29, 0.717) is 128 Å². The number of Topliss-reactive ketones (excluding diaryl/α,β-unsaturated/α-hetero) is 1. The highest BCUT2D eigenvalue weighted by molar-refractivity contribution is 6.51. The number of hydrogen-bond acceptors (Lipinski definition) is 32. The fraction of sp³-hybridized carbons (Fsp3) is 0.375. The smallest absolute Gasteiger partial charge is 0.260 e. The Balaban J connectivity index is 0.000000128. The van der Waals surface area contributed by atoms with E-state index in [4.69, 9.17) is 80.0 Å². The Kier molecular flexibility index (Phi) is 34.6. The number of aliphatic imine (C=N–C) groups is 5. The van der Waals surface area contributed by atoms with Crippen LogP contribution in [0.3, 0.4) is 0 Å². The van der Waals surface area contributed by atoms with E-state index in [0.717, 1.165) is 144 Å². The van der Waals surface area contributed by atoms with E-state index in [1.807, 2.05) is 126 Å². The lowest BCUT2D eigenvalue weighted by Gasteiger charge is -2.26. The predicted octanol–water partition coefficient (Wildman–Crippen LogP) is 12.5. The third-order valence-corrected chi connectivity index (χ3v) is 25.9. The SMILES string of the molecule is CC1=CC(=Nc2c(NCCN3CCCCC3)nn3ccccc23)C(N)=C(Cl)C1=O.CC1=CC(=Nc2c(NCCN3CCCCC3)nn3ccccc23)C(N)=CC1=O.N=C1C=C(N)C(OCCO)=CC1=Nc1c(NCCN2CCCCC2)nn2ccccc12.NC1=CC(=O)C(=Nc2c(OCCN3CCCCC3)nn3ccccc23)C=C1.NC1=CC(=O)C=CC1=Nc1c(OCCN2CCCCC2)nn2ccccc12. The van der Waals surface area contributed by atoms with Crippen LogP contribution in [0.2, 0.25) is 0 Å². The first-order chi connectivity index (χ1) is 69.2. The molecule has 38 heteroatoms. The van der Waals surface area contributed by atoms with Crippen LogP contribution in [-0.4, -0.2) is 279 Å².